The molecule has 0 spiro atoms. The van der Waals surface area contributed by atoms with Gasteiger partial charge in [0.15, 0.2) is 0 Å². The smallest absolute Gasteiger partial charge is 0.273 e. The number of nitrogens with one attached hydrogen (secondary N) is 1. The molecule has 0 fully saturated rings. The molecule has 3 aromatic rings. The van der Waals surface area contributed by atoms with Crippen molar-refractivity contribution in [1.82, 2.24) is 25.6 Å². The maximum atomic E-state index is 6.07. The number of hydrogen-bond acceptors (Lipinski definition) is 7. The van der Waals surface area contributed by atoms with E-state index < -0.39 is 0 Å². The van der Waals surface area contributed by atoms with Crippen molar-refractivity contribution in [2.45, 2.75) is 6.42 Å². The van der Waals surface area contributed by atoms with Gasteiger partial charge in [-0.2, -0.15) is 5.21 Å². The van der Waals surface area contributed by atoms with Gasteiger partial charge in [-0.05, 0) is 46.0 Å². The maximum Gasteiger partial charge on any atom is 0.273 e. The van der Waals surface area contributed by atoms with Crippen LogP contribution in [-0.2, 0) is 0 Å². The summed E-state index contributed by atoms with van der Waals surface area (Å²) in [5, 5.41) is 14.9. The van der Waals surface area contributed by atoms with Crippen molar-refractivity contribution in [2.75, 3.05) is 13.2 Å². The fourth-order valence-corrected chi connectivity index (χ4v) is 3.04. The molecule has 0 aliphatic rings. The molecule has 0 aliphatic heterocycles. The second kappa shape index (κ2) is 7.88. The van der Waals surface area contributed by atoms with Gasteiger partial charge in [0.25, 0.3) is 5.19 Å². The Bertz CT molecular complexity index is 768. The average Bonchev–Trinajstić information content (AvgIpc) is 3.21. The van der Waals surface area contributed by atoms with E-state index in [1.165, 1.54) is 11.3 Å². The van der Waals surface area contributed by atoms with E-state index in [4.69, 9.17) is 21.1 Å². The third kappa shape index (κ3) is 4.52. The lowest BCUT2D eigenvalue weighted by Crippen LogP contribution is -2.05. The highest BCUT2D eigenvalue weighted by molar-refractivity contribution is 14.1. The number of benzene rings is 1. The molecule has 2 heterocycles. The van der Waals surface area contributed by atoms with Crippen LogP contribution in [0.2, 0.25) is 5.02 Å². The second-order valence-electron chi connectivity index (χ2n) is 4.35. The van der Waals surface area contributed by atoms with Gasteiger partial charge in [-0.1, -0.05) is 22.9 Å². The van der Waals surface area contributed by atoms with Gasteiger partial charge in [0.2, 0.25) is 5.82 Å². The zero-order chi connectivity index (χ0) is 16.1. The van der Waals surface area contributed by atoms with Crippen molar-refractivity contribution >= 4 is 45.5 Å². The van der Waals surface area contributed by atoms with Crippen LogP contribution in [0.4, 0.5) is 0 Å². The minimum Gasteiger partial charge on any atom is -0.492 e. The quantitative estimate of drug-likeness (QED) is 0.427. The molecule has 0 saturated carbocycles. The van der Waals surface area contributed by atoms with E-state index in [0.717, 1.165) is 14.9 Å². The zero-order valence-corrected chi connectivity index (χ0v) is 15.4. The van der Waals surface area contributed by atoms with Crippen molar-refractivity contribution in [3.05, 3.63) is 33.0 Å². The first-order valence-corrected chi connectivity index (χ1v) is 8.90. The van der Waals surface area contributed by atoms with Crippen molar-refractivity contribution in [2.24, 2.45) is 0 Å². The molecule has 120 valence electrons. The fraction of sp³-hybridized carbons (Fsp3) is 0.231. The van der Waals surface area contributed by atoms with Crippen LogP contribution in [0.15, 0.2) is 24.4 Å². The molecule has 7 nitrogen and oxygen atoms in total. The first-order chi connectivity index (χ1) is 11.2. The number of H-pyrrole nitrogens is 1. The number of aromatic amines is 1. The summed E-state index contributed by atoms with van der Waals surface area (Å²) in [5.74, 6) is 1.20. The highest BCUT2D eigenvalue weighted by Gasteiger charge is 2.09. The minimum absolute atomic E-state index is 0.501. The molecule has 2 aromatic heterocycles. The monoisotopic (exact) mass is 463 g/mol. The number of thiazole rings is 1. The molecule has 0 unspecified atom stereocenters. The van der Waals surface area contributed by atoms with Crippen molar-refractivity contribution in [3.8, 4) is 21.6 Å². The molecule has 0 bridgehead atoms. The van der Waals surface area contributed by atoms with E-state index in [2.05, 4.69) is 48.2 Å². The first-order valence-electron chi connectivity index (χ1n) is 6.62. The maximum absolute atomic E-state index is 6.07. The van der Waals surface area contributed by atoms with E-state index in [1.807, 2.05) is 18.2 Å². The highest BCUT2D eigenvalue weighted by Crippen LogP contribution is 2.28. The third-order valence-electron chi connectivity index (χ3n) is 2.72. The van der Waals surface area contributed by atoms with Crippen LogP contribution < -0.4 is 9.47 Å². The molecule has 0 aliphatic carbocycles. The lowest BCUT2D eigenvalue weighted by Gasteiger charge is -2.08. The second-order valence-corrected chi connectivity index (χ2v) is 7.00. The average molecular weight is 464 g/mol. The van der Waals surface area contributed by atoms with E-state index in [-0.39, 0.29) is 0 Å². The largest absolute Gasteiger partial charge is 0.492 e. The summed E-state index contributed by atoms with van der Waals surface area (Å²) in [6, 6.07) is 5.66. The van der Waals surface area contributed by atoms with Crippen LogP contribution in [-0.4, -0.2) is 38.8 Å². The molecule has 10 heteroatoms. The van der Waals surface area contributed by atoms with Crippen molar-refractivity contribution < 1.29 is 9.47 Å². The van der Waals surface area contributed by atoms with E-state index in [0.29, 0.717) is 35.0 Å². The number of halogens is 2. The lowest BCUT2D eigenvalue weighted by atomic mass is 10.3. The van der Waals surface area contributed by atoms with Crippen LogP contribution in [0.3, 0.4) is 0 Å². The van der Waals surface area contributed by atoms with E-state index in [1.54, 1.807) is 6.20 Å². The normalized spacial score (nSPS) is 10.7. The first kappa shape index (κ1) is 16.4. The van der Waals surface area contributed by atoms with Gasteiger partial charge in [-0.15, -0.1) is 10.2 Å². The Balaban J connectivity index is 1.43. The predicted molar refractivity (Wildman–Crippen MR) is 95.1 cm³/mol. The Kier molecular flexibility index (Phi) is 5.62. The van der Waals surface area contributed by atoms with Gasteiger partial charge in [0.05, 0.1) is 29.3 Å². The predicted octanol–water partition coefficient (Wildman–Crippen LogP) is 3.43. The van der Waals surface area contributed by atoms with Gasteiger partial charge in [-0.25, -0.2) is 4.98 Å². The molecular weight excluding hydrogens is 453 g/mol. The number of hydrogen-bond donors (Lipinski definition) is 1. The van der Waals surface area contributed by atoms with Gasteiger partial charge >= 0.3 is 0 Å². The minimum atomic E-state index is 0.501. The molecule has 1 N–H and O–H groups in total. The molecule has 3 rings (SSSR count). The molecule has 0 atom stereocenters. The summed E-state index contributed by atoms with van der Waals surface area (Å²) in [4.78, 5) is 4.97. The van der Waals surface area contributed by atoms with Crippen molar-refractivity contribution in [3.63, 3.8) is 0 Å². The number of tetrazole rings is 1. The SMILES string of the molecule is Clc1ccc(I)cc1OCCCOc1ncc(-c2nn[nH]n2)s1. The number of aromatic nitrogens is 5. The Morgan fingerprint density at radius 3 is 2.96 bits per heavy atom. The molecule has 23 heavy (non-hydrogen) atoms. The third-order valence-corrected chi connectivity index (χ3v) is 4.60. The number of ether oxygens (including phenoxy) is 2. The van der Waals surface area contributed by atoms with Gasteiger partial charge in [0.1, 0.15) is 5.75 Å². The molecule has 1 aromatic carbocycles. The zero-order valence-electron chi connectivity index (χ0n) is 11.7. The Hall–Kier alpha value is -1.46. The van der Waals surface area contributed by atoms with Crippen LogP contribution in [0.25, 0.3) is 10.7 Å². The van der Waals surface area contributed by atoms with Crippen molar-refractivity contribution in [1.29, 1.82) is 0 Å². The van der Waals surface area contributed by atoms with Crippen LogP contribution in [0.1, 0.15) is 6.42 Å². The molecular formula is C13H11ClIN5O2S. The van der Waals surface area contributed by atoms with E-state index in [9.17, 15) is 0 Å². The fourth-order valence-electron chi connectivity index (χ4n) is 1.68. The lowest BCUT2D eigenvalue weighted by molar-refractivity contribution is 0.247. The van der Waals surface area contributed by atoms with Gasteiger partial charge < -0.3 is 9.47 Å². The van der Waals surface area contributed by atoms with Crippen LogP contribution in [0.5, 0.6) is 10.9 Å². The Labute approximate surface area is 154 Å². The summed E-state index contributed by atoms with van der Waals surface area (Å²) in [7, 11) is 0. The molecule has 0 radical (unpaired) electrons. The highest BCUT2D eigenvalue weighted by atomic mass is 127. The Morgan fingerprint density at radius 2 is 2.13 bits per heavy atom. The number of rotatable bonds is 7. The number of nitrogens with zero attached hydrogens (tertiary/aromatic N) is 4. The van der Waals surface area contributed by atoms with Gasteiger partial charge in [-0.3, -0.25) is 0 Å². The molecule has 0 saturated heterocycles. The molecule has 0 amide bonds. The van der Waals surface area contributed by atoms with E-state index >= 15 is 0 Å². The Morgan fingerprint density at radius 1 is 1.26 bits per heavy atom. The summed E-state index contributed by atoms with van der Waals surface area (Å²) in [5.41, 5.74) is 0. The standard InChI is InChI=1S/C13H11ClIN5O2S/c14-9-3-2-8(15)6-10(9)21-4-1-5-22-13-16-7-11(23-13)12-17-19-20-18-12/h2-3,6-7H,1,4-5H2,(H,17,18,19,20). The van der Waals surface area contributed by atoms with Gasteiger partial charge in [0, 0.05) is 9.99 Å². The summed E-state index contributed by atoms with van der Waals surface area (Å²) in [6.45, 7) is 1.02. The summed E-state index contributed by atoms with van der Waals surface area (Å²) < 4.78 is 12.3. The summed E-state index contributed by atoms with van der Waals surface area (Å²) >= 11 is 9.65. The van der Waals surface area contributed by atoms with Crippen LogP contribution in [0, 0.1) is 3.57 Å². The topological polar surface area (TPSA) is 85.8 Å². The van der Waals surface area contributed by atoms with Crippen LogP contribution >= 0.6 is 45.5 Å². The summed E-state index contributed by atoms with van der Waals surface area (Å²) in [6.07, 6.45) is 2.38.